The van der Waals surface area contributed by atoms with Gasteiger partial charge in [0.15, 0.2) is 5.69 Å². The van der Waals surface area contributed by atoms with E-state index in [1.807, 2.05) is 36.6 Å². The van der Waals surface area contributed by atoms with Crippen molar-refractivity contribution in [3.63, 3.8) is 0 Å². The van der Waals surface area contributed by atoms with Gasteiger partial charge in [0.25, 0.3) is 5.91 Å². The smallest absolute Gasteiger partial charge is 0.271 e. The zero-order valence-electron chi connectivity index (χ0n) is 16.0. The second-order valence-corrected chi connectivity index (χ2v) is 7.48. The Morgan fingerprint density at radius 1 is 1.23 bits per heavy atom. The van der Waals surface area contributed by atoms with Gasteiger partial charge in [-0.2, -0.15) is 5.26 Å². The van der Waals surface area contributed by atoms with Gasteiger partial charge in [-0.15, -0.1) is 11.3 Å². The Kier molecular flexibility index (Phi) is 5.59. The molecule has 0 bridgehead atoms. The monoisotopic (exact) mass is 415 g/mol. The molecule has 1 atom stereocenters. The normalized spacial score (nSPS) is 11.6. The van der Waals surface area contributed by atoms with Crippen LogP contribution in [0.4, 0.5) is 5.95 Å². The van der Waals surface area contributed by atoms with Crippen LogP contribution in [0.2, 0.25) is 0 Å². The summed E-state index contributed by atoms with van der Waals surface area (Å²) < 4.78 is 0.719. The molecular weight excluding hydrogens is 398 g/mol. The highest BCUT2D eigenvalue weighted by molar-refractivity contribution is 7.17. The molecule has 4 rings (SSSR count). The highest BCUT2D eigenvalue weighted by atomic mass is 32.1. The Morgan fingerprint density at radius 2 is 2.13 bits per heavy atom. The number of carbonyl (C=O) groups excluding carboxylic acids is 1. The fourth-order valence-electron chi connectivity index (χ4n) is 2.90. The predicted molar refractivity (Wildman–Crippen MR) is 114 cm³/mol. The van der Waals surface area contributed by atoms with E-state index in [2.05, 4.69) is 30.6 Å². The van der Waals surface area contributed by atoms with Crippen LogP contribution in [0, 0.1) is 11.3 Å². The second kappa shape index (κ2) is 8.63. The molecule has 0 aliphatic rings. The van der Waals surface area contributed by atoms with Gasteiger partial charge in [0, 0.05) is 31.3 Å². The minimum Gasteiger partial charge on any atom is -0.348 e. The minimum absolute atomic E-state index is 0.0782. The van der Waals surface area contributed by atoms with Crippen LogP contribution in [0.5, 0.6) is 0 Å². The largest absolute Gasteiger partial charge is 0.348 e. The first-order chi connectivity index (χ1) is 14.6. The number of nitriles is 1. The molecule has 0 aliphatic heterocycles. The van der Waals surface area contributed by atoms with Crippen LogP contribution in [0.3, 0.4) is 0 Å². The van der Waals surface area contributed by atoms with Gasteiger partial charge >= 0.3 is 0 Å². The van der Waals surface area contributed by atoms with Gasteiger partial charge in [-0.3, -0.25) is 14.8 Å². The number of nitrogens with one attached hydrogen (secondary N) is 2. The number of anilines is 1. The summed E-state index contributed by atoms with van der Waals surface area (Å²) in [4.78, 5) is 30.0. The molecule has 0 fully saturated rings. The molecule has 1 unspecified atom stereocenters. The average Bonchev–Trinajstić information content (AvgIpc) is 3.26. The lowest BCUT2D eigenvalue weighted by Gasteiger charge is -2.14. The third-order valence-corrected chi connectivity index (χ3v) is 5.34. The van der Waals surface area contributed by atoms with Crippen molar-refractivity contribution in [3.05, 3.63) is 76.8 Å². The van der Waals surface area contributed by atoms with Crippen LogP contribution in [0.1, 0.15) is 40.1 Å². The molecule has 9 heteroatoms. The lowest BCUT2D eigenvalue weighted by Crippen LogP contribution is -2.25. The van der Waals surface area contributed by atoms with Crippen LogP contribution in [0.25, 0.3) is 10.2 Å². The number of thiophene rings is 1. The van der Waals surface area contributed by atoms with Crippen molar-refractivity contribution in [2.24, 2.45) is 0 Å². The van der Waals surface area contributed by atoms with Gasteiger partial charge in [0.1, 0.15) is 6.07 Å². The number of nitrogens with zero attached hydrogens (tertiary/aromatic N) is 5. The summed E-state index contributed by atoms with van der Waals surface area (Å²) >= 11 is 1.41. The van der Waals surface area contributed by atoms with Gasteiger partial charge in [-0.25, -0.2) is 9.97 Å². The third kappa shape index (κ3) is 4.24. The number of pyridine rings is 2. The molecule has 0 saturated carbocycles. The Morgan fingerprint density at radius 3 is 2.93 bits per heavy atom. The fraction of sp³-hybridized carbons (Fsp3) is 0.143. The van der Waals surface area contributed by atoms with Crippen molar-refractivity contribution >= 4 is 33.4 Å². The Bertz CT molecular complexity index is 1230. The van der Waals surface area contributed by atoms with Crippen molar-refractivity contribution in [2.45, 2.75) is 19.5 Å². The van der Waals surface area contributed by atoms with Crippen LogP contribution < -0.4 is 10.6 Å². The molecule has 148 valence electrons. The maximum Gasteiger partial charge on any atom is 0.271 e. The molecule has 4 aromatic heterocycles. The van der Waals surface area contributed by atoms with Crippen LogP contribution in [0.15, 0.2) is 54.4 Å². The quantitative estimate of drug-likeness (QED) is 0.495. The third-order valence-electron chi connectivity index (χ3n) is 4.43. The first-order valence-electron chi connectivity index (χ1n) is 9.18. The Hall–Kier alpha value is -3.90. The molecule has 2 N–H and O–H groups in total. The molecule has 0 radical (unpaired) electrons. The Labute approximate surface area is 176 Å². The van der Waals surface area contributed by atoms with E-state index < -0.39 is 0 Å². The van der Waals surface area contributed by atoms with Crippen molar-refractivity contribution in [1.29, 1.82) is 5.26 Å². The minimum atomic E-state index is -0.315. The van der Waals surface area contributed by atoms with E-state index in [0.29, 0.717) is 22.7 Å². The van der Waals surface area contributed by atoms with E-state index in [0.717, 1.165) is 15.8 Å². The zero-order chi connectivity index (χ0) is 20.9. The summed E-state index contributed by atoms with van der Waals surface area (Å²) in [6.45, 7) is 2.22. The highest BCUT2D eigenvalue weighted by Gasteiger charge is 2.17. The molecule has 0 spiro atoms. The molecule has 4 aromatic rings. The van der Waals surface area contributed by atoms with E-state index in [-0.39, 0.29) is 18.5 Å². The predicted octanol–water partition coefficient (Wildman–Crippen LogP) is 3.46. The SMILES string of the molecule is CC(Nc1nc(C(=O)NCc2cncc(C#N)c2)c2sccc2n1)c1cccnc1. The topological polar surface area (TPSA) is 116 Å². The molecule has 0 saturated heterocycles. The number of hydrogen-bond acceptors (Lipinski definition) is 8. The van der Waals surface area contributed by atoms with E-state index >= 15 is 0 Å². The van der Waals surface area contributed by atoms with E-state index in [1.54, 1.807) is 24.7 Å². The lowest BCUT2D eigenvalue weighted by atomic mass is 10.1. The van der Waals surface area contributed by atoms with Gasteiger partial charge < -0.3 is 10.6 Å². The summed E-state index contributed by atoms with van der Waals surface area (Å²) in [5.74, 6) is 0.0554. The van der Waals surface area contributed by atoms with Crippen LogP contribution >= 0.6 is 11.3 Å². The Balaban J connectivity index is 1.56. The van der Waals surface area contributed by atoms with Crippen molar-refractivity contribution in [2.75, 3.05) is 5.32 Å². The van der Waals surface area contributed by atoms with E-state index in [4.69, 9.17) is 5.26 Å². The molecule has 1 amide bonds. The average molecular weight is 415 g/mol. The summed E-state index contributed by atoms with van der Waals surface area (Å²) in [6, 6.07) is 9.34. The maximum absolute atomic E-state index is 12.9. The first kappa shape index (κ1) is 19.4. The summed E-state index contributed by atoms with van der Waals surface area (Å²) in [5, 5.41) is 17.0. The fourth-order valence-corrected chi connectivity index (χ4v) is 3.72. The van der Waals surface area contributed by atoms with Crippen molar-refractivity contribution < 1.29 is 4.79 Å². The van der Waals surface area contributed by atoms with Gasteiger partial charge in [0.2, 0.25) is 5.95 Å². The van der Waals surface area contributed by atoms with Crippen molar-refractivity contribution in [1.82, 2.24) is 25.3 Å². The summed E-state index contributed by atoms with van der Waals surface area (Å²) in [7, 11) is 0. The number of hydrogen-bond donors (Lipinski definition) is 2. The second-order valence-electron chi connectivity index (χ2n) is 6.56. The standard InChI is InChI=1S/C21H17N7OS/c1-13(16-3-2-5-23-12-16)26-21-27-17-4-6-30-19(17)18(28-21)20(29)25-11-15-7-14(8-22)9-24-10-15/h2-7,9-10,12-13H,11H2,1H3,(H,25,29)(H,26,27,28). The number of amides is 1. The van der Waals surface area contributed by atoms with Gasteiger partial charge in [-0.05, 0) is 41.6 Å². The van der Waals surface area contributed by atoms with Crippen molar-refractivity contribution in [3.8, 4) is 6.07 Å². The zero-order valence-corrected chi connectivity index (χ0v) is 16.8. The first-order valence-corrected chi connectivity index (χ1v) is 10.1. The molecule has 4 heterocycles. The van der Waals surface area contributed by atoms with E-state index in [9.17, 15) is 4.79 Å². The highest BCUT2D eigenvalue weighted by Crippen LogP contribution is 2.25. The number of rotatable bonds is 6. The molecule has 8 nitrogen and oxygen atoms in total. The maximum atomic E-state index is 12.9. The van der Waals surface area contributed by atoms with Gasteiger partial charge in [0.05, 0.1) is 21.8 Å². The summed E-state index contributed by atoms with van der Waals surface area (Å²) in [5.41, 5.74) is 3.18. The number of fused-ring (bicyclic) bond motifs is 1. The van der Waals surface area contributed by atoms with Crippen LogP contribution in [-0.2, 0) is 6.54 Å². The lowest BCUT2D eigenvalue weighted by molar-refractivity contribution is 0.0948. The number of aromatic nitrogens is 4. The number of carbonyl (C=O) groups is 1. The summed E-state index contributed by atoms with van der Waals surface area (Å²) in [6.07, 6.45) is 6.59. The molecule has 30 heavy (non-hydrogen) atoms. The molecule has 0 aliphatic carbocycles. The van der Waals surface area contributed by atoms with Crippen LogP contribution in [-0.4, -0.2) is 25.8 Å². The van der Waals surface area contributed by atoms with E-state index in [1.165, 1.54) is 17.5 Å². The molecule has 0 aromatic carbocycles. The van der Waals surface area contributed by atoms with Gasteiger partial charge in [-0.1, -0.05) is 6.07 Å². The molecular formula is C21H17N7OS.